The van der Waals surface area contributed by atoms with Crippen LogP contribution in [0.4, 0.5) is 17.1 Å². The highest BCUT2D eigenvalue weighted by atomic mass is 32.1. The van der Waals surface area contributed by atoms with Crippen molar-refractivity contribution < 1.29 is 9.47 Å². The fourth-order valence-electron chi connectivity index (χ4n) is 6.41. The van der Waals surface area contributed by atoms with Crippen LogP contribution in [0, 0.1) is 0 Å². The van der Waals surface area contributed by atoms with Crippen LogP contribution in [0.5, 0.6) is 23.0 Å². The molecule has 6 bridgehead atoms. The molecule has 0 N–H and O–H groups in total. The topological polar surface area (TPSA) is 21.7 Å². The van der Waals surface area contributed by atoms with E-state index in [0.29, 0.717) is 0 Å². The number of hydrogen-bond donors (Lipinski definition) is 0. The van der Waals surface area contributed by atoms with Gasteiger partial charge in [0.05, 0.1) is 11.4 Å². The minimum atomic E-state index is 0.730. The Morgan fingerprint density at radius 2 is 1.07 bits per heavy atom. The molecule has 46 heavy (non-hydrogen) atoms. The number of benzene rings is 7. The predicted octanol–water partition coefficient (Wildman–Crippen LogP) is 12.8. The van der Waals surface area contributed by atoms with E-state index in [2.05, 4.69) is 138 Å². The maximum Gasteiger partial charge on any atom is 0.131 e. The average Bonchev–Trinajstić information content (AvgIpc) is 3.49. The number of thiophene rings is 1. The number of fused-ring (bicyclic) bond motifs is 10. The van der Waals surface area contributed by atoms with Crippen molar-refractivity contribution in [2.45, 2.75) is 0 Å². The maximum atomic E-state index is 6.41. The van der Waals surface area contributed by atoms with Gasteiger partial charge < -0.3 is 14.4 Å². The first-order valence-corrected chi connectivity index (χ1v) is 16.1. The van der Waals surface area contributed by atoms with Gasteiger partial charge in [-0.1, -0.05) is 84.9 Å². The Morgan fingerprint density at radius 1 is 0.413 bits per heavy atom. The van der Waals surface area contributed by atoms with Gasteiger partial charge in [0.2, 0.25) is 0 Å². The van der Waals surface area contributed by atoms with E-state index in [4.69, 9.17) is 9.47 Å². The highest BCUT2D eigenvalue weighted by Crippen LogP contribution is 2.49. The molecule has 0 saturated carbocycles. The molecule has 0 saturated heterocycles. The molecular formula is C42H27NO2S. The van der Waals surface area contributed by atoms with E-state index in [1.165, 1.54) is 25.7 Å². The normalized spacial score (nSPS) is 11.8. The molecule has 3 nitrogen and oxygen atoms in total. The fraction of sp³-hybridized carbons (Fsp3) is 0. The molecule has 0 fully saturated rings. The molecule has 1 aliphatic heterocycles. The van der Waals surface area contributed by atoms with E-state index in [1.54, 1.807) is 0 Å². The first-order valence-electron chi connectivity index (χ1n) is 15.3. The lowest BCUT2D eigenvalue weighted by molar-refractivity contribution is 0.461. The van der Waals surface area contributed by atoms with E-state index in [9.17, 15) is 0 Å². The van der Waals surface area contributed by atoms with Crippen molar-refractivity contribution in [2.24, 2.45) is 0 Å². The SMILES string of the molecule is c1ccc(-c2cccc(N(c3ccc4cc3-c3cccc(c3)Oc3cccc(c3)O4)c3cccc4sc5ccccc5c34)c2)cc1. The molecule has 7 aromatic carbocycles. The third-order valence-corrected chi connectivity index (χ3v) is 9.60. The van der Waals surface area contributed by atoms with Gasteiger partial charge >= 0.3 is 0 Å². The molecule has 0 amide bonds. The number of hydrogen-bond acceptors (Lipinski definition) is 4. The van der Waals surface area contributed by atoms with Crippen molar-refractivity contribution in [3.05, 3.63) is 164 Å². The lowest BCUT2D eigenvalue weighted by Crippen LogP contribution is -2.12. The quantitative estimate of drug-likeness (QED) is 0.198. The summed E-state index contributed by atoms with van der Waals surface area (Å²) < 4.78 is 15.2. The summed E-state index contributed by atoms with van der Waals surface area (Å²) in [5.41, 5.74) is 7.66. The number of anilines is 3. The molecule has 1 aliphatic rings. The fourth-order valence-corrected chi connectivity index (χ4v) is 7.54. The zero-order valence-corrected chi connectivity index (χ0v) is 25.6. The smallest absolute Gasteiger partial charge is 0.131 e. The molecule has 0 spiro atoms. The molecule has 0 unspecified atom stereocenters. The number of ether oxygens (including phenoxy) is 2. The largest absolute Gasteiger partial charge is 0.457 e. The molecule has 1 aromatic heterocycles. The van der Waals surface area contributed by atoms with Gasteiger partial charge in [-0.05, 0) is 89.5 Å². The molecule has 8 aromatic rings. The Bertz CT molecular complexity index is 2390. The van der Waals surface area contributed by atoms with E-state index in [0.717, 1.165) is 56.8 Å². The van der Waals surface area contributed by atoms with Gasteiger partial charge in [0.25, 0.3) is 0 Å². The highest BCUT2D eigenvalue weighted by Gasteiger charge is 2.23. The maximum absolute atomic E-state index is 6.41. The minimum Gasteiger partial charge on any atom is -0.457 e. The van der Waals surface area contributed by atoms with E-state index in [1.807, 2.05) is 41.7 Å². The van der Waals surface area contributed by atoms with Gasteiger partial charge in [0, 0.05) is 37.5 Å². The monoisotopic (exact) mass is 609 g/mol. The zero-order valence-electron chi connectivity index (χ0n) is 24.8. The van der Waals surface area contributed by atoms with Crippen LogP contribution in [0.25, 0.3) is 42.4 Å². The van der Waals surface area contributed by atoms with Crippen LogP contribution in [-0.4, -0.2) is 0 Å². The van der Waals surface area contributed by atoms with Crippen LogP contribution in [0.1, 0.15) is 0 Å². The van der Waals surface area contributed by atoms with Crippen molar-refractivity contribution in [2.75, 3.05) is 4.90 Å². The van der Waals surface area contributed by atoms with Gasteiger partial charge in [0.15, 0.2) is 0 Å². The first-order chi connectivity index (χ1) is 22.8. The molecule has 0 radical (unpaired) electrons. The van der Waals surface area contributed by atoms with Crippen molar-refractivity contribution in [1.29, 1.82) is 0 Å². The summed E-state index contributed by atoms with van der Waals surface area (Å²) in [5.74, 6) is 3.00. The Kier molecular flexibility index (Phi) is 6.32. The van der Waals surface area contributed by atoms with Gasteiger partial charge in [-0.15, -0.1) is 11.3 Å². The number of nitrogens with zero attached hydrogens (tertiary/aromatic N) is 1. The second-order valence-electron chi connectivity index (χ2n) is 11.4. The second kappa shape index (κ2) is 11.0. The van der Waals surface area contributed by atoms with Crippen LogP contribution in [0.3, 0.4) is 0 Å². The Hall–Kier alpha value is -5.84. The zero-order chi connectivity index (χ0) is 30.5. The van der Waals surface area contributed by atoms with E-state index >= 15 is 0 Å². The molecule has 2 heterocycles. The predicted molar refractivity (Wildman–Crippen MR) is 191 cm³/mol. The van der Waals surface area contributed by atoms with Crippen molar-refractivity contribution in [1.82, 2.24) is 0 Å². The number of rotatable bonds is 4. The lowest BCUT2D eigenvalue weighted by atomic mass is 9.99. The van der Waals surface area contributed by atoms with E-state index in [-0.39, 0.29) is 0 Å². The Morgan fingerprint density at radius 3 is 1.93 bits per heavy atom. The molecule has 9 rings (SSSR count). The van der Waals surface area contributed by atoms with E-state index < -0.39 is 0 Å². The summed E-state index contributed by atoms with van der Waals surface area (Å²) in [7, 11) is 0. The second-order valence-corrected chi connectivity index (χ2v) is 12.5. The van der Waals surface area contributed by atoms with Crippen molar-refractivity contribution in [3.63, 3.8) is 0 Å². The van der Waals surface area contributed by atoms with Crippen LogP contribution in [-0.2, 0) is 0 Å². The standard InChI is InChI=1S/C42H27NO2S/c1-2-10-28(11-3-1)29-12-6-14-31(24-29)43(39-19-9-21-41-42(39)36-18-4-5-20-40(36)46-41)38-23-22-35-27-37(38)30-13-7-15-32(25-30)44-33-16-8-17-34(26-33)45-35/h1-27H. The molecule has 4 heteroatoms. The van der Waals surface area contributed by atoms with Crippen LogP contribution >= 0.6 is 11.3 Å². The third kappa shape index (κ3) is 4.68. The summed E-state index contributed by atoms with van der Waals surface area (Å²) in [6.45, 7) is 0. The summed E-state index contributed by atoms with van der Waals surface area (Å²) in [4.78, 5) is 2.40. The highest BCUT2D eigenvalue weighted by molar-refractivity contribution is 7.26. The Balaban J connectivity index is 1.33. The molecule has 0 atom stereocenters. The third-order valence-electron chi connectivity index (χ3n) is 8.46. The summed E-state index contributed by atoms with van der Waals surface area (Å²) >= 11 is 1.83. The van der Waals surface area contributed by atoms with Gasteiger partial charge in [-0.2, -0.15) is 0 Å². The molecule has 218 valence electrons. The van der Waals surface area contributed by atoms with Crippen LogP contribution in [0.15, 0.2) is 164 Å². The Labute approximate surface area is 271 Å². The van der Waals surface area contributed by atoms with Crippen molar-refractivity contribution >= 4 is 48.6 Å². The minimum absolute atomic E-state index is 0.730. The molecular weight excluding hydrogens is 583 g/mol. The van der Waals surface area contributed by atoms with Gasteiger partial charge in [-0.25, -0.2) is 0 Å². The summed E-state index contributed by atoms with van der Waals surface area (Å²) in [6.07, 6.45) is 0. The van der Waals surface area contributed by atoms with Crippen molar-refractivity contribution in [3.8, 4) is 45.3 Å². The van der Waals surface area contributed by atoms with Gasteiger partial charge in [-0.3, -0.25) is 0 Å². The summed E-state index contributed by atoms with van der Waals surface area (Å²) in [5, 5.41) is 2.50. The van der Waals surface area contributed by atoms with Crippen LogP contribution < -0.4 is 14.4 Å². The van der Waals surface area contributed by atoms with Crippen LogP contribution in [0.2, 0.25) is 0 Å². The average molecular weight is 610 g/mol. The summed E-state index contributed by atoms with van der Waals surface area (Å²) in [6, 6.07) is 57.2. The molecule has 0 aliphatic carbocycles. The first kappa shape index (κ1) is 26.6. The van der Waals surface area contributed by atoms with Gasteiger partial charge in [0.1, 0.15) is 23.0 Å². The lowest BCUT2D eigenvalue weighted by Gasteiger charge is -2.29.